The SMILES string of the molecule is CC(C)c1cc(Br)ccc1Oc1ncccc1N. The van der Waals surface area contributed by atoms with E-state index in [-0.39, 0.29) is 0 Å². The number of pyridine rings is 1. The lowest BCUT2D eigenvalue weighted by Crippen LogP contribution is -1.98. The highest BCUT2D eigenvalue weighted by molar-refractivity contribution is 9.10. The Morgan fingerprint density at radius 3 is 2.72 bits per heavy atom. The molecule has 0 aliphatic carbocycles. The molecule has 4 heteroatoms. The molecule has 18 heavy (non-hydrogen) atoms. The molecular formula is C14H15BrN2O. The quantitative estimate of drug-likeness (QED) is 0.917. The summed E-state index contributed by atoms with van der Waals surface area (Å²) in [5.74, 6) is 1.60. The van der Waals surface area contributed by atoms with Gasteiger partial charge in [-0.2, -0.15) is 0 Å². The van der Waals surface area contributed by atoms with Gasteiger partial charge in [-0.1, -0.05) is 29.8 Å². The van der Waals surface area contributed by atoms with E-state index in [2.05, 4.69) is 40.8 Å². The zero-order valence-corrected chi connectivity index (χ0v) is 11.9. The van der Waals surface area contributed by atoms with E-state index in [0.29, 0.717) is 17.5 Å². The van der Waals surface area contributed by atoms with Crippen molar-refractivity contribution < 1.29 is 4.74 Å². The molecular weight excluding hydrogens is 292 g/mol. The fourth-order valence-electron chi connectivity index (χ4n) is 1.66. The molecule has 1 aromatic heterocycles. The predicted octanol–water partition coefficient (Wildman–Crippen LogP) is 4.34. The number of anilines is 1. The summed E-state index contributed by atoms with van der Waals surface area (Å²) in [6, 6.07) is 9.48. The maximum Gasteiger partial charge on any atom is 0.242 e. The minimum Gasteiger partial charge on any atom is -0.437 e. The Hall–Kier alpha value is -1.55. The molecule has 0 bridgehead atoms. The van der Waals surface area contributed by atoms with E-state index in [1.54, 1.807) is 18.3 Å². The molecule has 2 N–H and O–H groups in total. The maximum atomic E-state index is 5.83. The average molecular weight is 307 g/mol. The molecule has 0 unspecified atom stereocenters. The van der Waals surface area contributed by atoms with Gasteiger partial charge in [0.05, 0.1) is 5.69 Å². The van der Waals surface area contributed by atoms with Crippen molar-refractivity contribution in [1.82, 2.24) is 4.98 Å². The summed E-state index contributed by atoms with van der Waals surface area (Å²) in [6.45, 7) is 4.24. The lowest BCUT2D eigenvalue weighted by atomic mass is 10.0. The van der Waals surface area contributed by atoms with E-state index < -0.39 is 0 Å². The predicted molar refractivity (Wildman–Crippen MR) is 77.0 cm³/mol. The van der Waals surface area contributed by atoms with Crippen molar-refractivity contribution in [2.45, 2.75) is 19.8 Å². The first-order chi connectivity index (χ1) is 8.58. The van der Waals surface area contributed by atoms with Crippen LogP contribution in [0.25, 0.3) is 0 Å². The first-order valence-electron chi connectivity index (χ1n) is 5.75. The Bertz CT molecular complexity index is 555. The Morgan fingerprint density at radius 1 is 1.28 bits per heavy atom. The minimum absolute atomic E-state index is 0.363. The van der Waals surface area contributed by atoms with Crippen LogP contribution in [0.3, 0.4) is 0 Å². The van der Waals surface area contributed by atoms with Gasteiger partial charge in [-0.3, -0.25) is 0 Å². The van der Waals surface area contributed by atoms with Crippen LogP contribution in [0.1, 0.15) is 25.3 Å². The van der Waals surface area contributed by atoms with Crippen LogP contribution in [0.4, 0.5) is 5.69 Å². The van der Waals surface area contributed by atoms with E-state index in [1.807, 2.05) is 12.1 Å². The van der Waals surface area contributed by atoms with Gasteiger partial charge < -0.3 is 10.5 Å². The monoisotopic (exact) mass is 306 g/mol. The molecule has 0 radical (unpaired) electrons. The Morgan fingerprint density at radius 2 is 2.06 bits per heavy atom. The number of aromatic nitrogens is 1. The zero-order valence-electron chi connectivity index (χ0n) is 10.4. The molecule has 0 saturated carbocycles. The number of benzene rings is 1. The summed E-state index contributed by atoms with van der Waals surface area (Å²) in [5.41, 5.74) is 7.48. The number of hydrogen-bond donors (Lipinski definition) is 1. The van der Waals surface area contributed by atoms with Gasteiger partial charge in [-0.15, -0.1) is 0 Å². The van der Waals surface area contributed by atoms with Gasteiger partial charge in [0.2, 0.25) is 5.88 Å². The molecule has 2 rings (SSSR count). The number of nitrogens with zero attached hydrogens (tertiary/aromatic N) is 1. The minimum atomic E-state index is 0.363. The lowest BCUT2D eigenvalue weighted by Gasteiger charge is -2.14. The third kappa shape index (κ3) is 2.82. The fourth-order valence-corrected chi connectivity index (χ4v) is 2.03. The third-order valence-electron chi connectivity index (χ3n) is 2.60. The van der Waals surface area contributed by atoms with Crippen molar-refractivity contribution in [2.24, 2.45) is 0 Å². The average Bonchev–Trinajstić information content (AvgIpc) is 2.34. The van der Waals surface area contributed by atoms with Gasteiger partial charge in [-0.25, -0.2) is 4.98 Å². The molecule has 94 valence electrons. The summed E-state index contributed by atoms with van der Waals surface area (Å²) in [4.78, 5) is 4.14. The second-order valence-corrected chi connectivity index (χ2v) is 5.25. The molecule has 0 aliphatic heterocycles. The summed E-state index contributed by atoms with van der Waals surface area (Å²) in [7, 11) is 0. The molecule has 0 saturated heterocycles. The molecule has 1 heterocycles. The van der Waals surface area contributed by atoms with Crippen molar-refractivity contribution in [2.75, 3.05) is 5.73 Å². The van der Waals surface area contributed by atoms with Crippen LogP contribution in [0.2, 0.25) is 0 Å². The number of rotatable bonds is 3. The van der Waals surface area contributed by atoms with Crippen molar-refractivity contribution >= 4 is 21.6 Å². The largest absolute Gasteiger partial charge is 0.437 e. The number of hydrogen-bond acceptors (Lipinski definition) is 3. The Kier molecular flexibility index (Phi) is 3.87. The normalized spacial score (nSPS) is 10.7. The first kappa shape index (κ1) is 12.9. The highest BCUT2D eigenvalue weighted by atomic mass is 79.9. The van der Waals surface area contributed by atoms with Crippen LogP contribution in [0.5, 0.6) is 11.6 Å². The second-order valence-electron chi connectivity index (χ2n) is 4.34. The summed E-state index contributed by atoms with van der Waals surface area (Å²) in [5, 5.41) is 0. The Labute approximate surface area is 115 Å². The number of nitrogen functional groups attached to an aromatic ring is 1. The maximum absolute atomic E-state index is 5.83. The molecule has 3 nitrogen and oxygen atoms in total. The van der Waals surface area contributed by atoms with Crippen LogP contribution in [-0.2, 0) is 0 Å². The van der Waals surface area contributed by atoms with Crippen molar-refractivity contribution in [1.29, 1.82) is 0 Å². The highest BCUT2D eigenvalue weighted by Gasteiger charge is 2.11. The van der Waals surface area contributed by atoms with E-state index in [1.165, 1.54) is 0 Å². The summed E-state index contributed by atoms with van der Waals surface area (Å²) < 4.78 is 6.83. The topological polar surface area (TPSA) is 48.1 Å². The van der Waals surface area contributed by atoms with Gasteiger partial charge in [0.1, 0.15) is 5.75 Å². The molecule has 0 amide bonds. The summed E-state index contributed by atoms with van der Waals surface area (Å²) in [6.07, 6.45) is 1.67. The van der Waals surface area contributed by atoms with Gasteiger partial charge >= 0.3 is 0 Å². The first-order valence-corrected chi connectivity index (χ1v) is 6.55. The van der Waals surface area contributed by atoms with Crippen LogP contribution in [0, 0.1) is 0 Å². The van der Waals surface area contributed by atoms with E-state index >= 15 is 0 Å². The Balaban J connectivity index is 2.37. The van der Waals surface area contributed by atoms with Crippen LogP contribution >= 0.6 is 15.9 Å². The molecule has 0 spiro atoms. The van der Waals surface area contributed by atoms with E-state index in [9.17, 15) is 0 Å². The molecule has 2 aromatic rings. The lowest BCUT2D eigenvalue weighted by molar-refractivity contribution is 0.457. The molecule has 1 aromatic carbocycles. The van der Waals surface area contributed by atoms with Gasteiger partial charge in [0.15, 0.2) is 0 Å². The molecule has 0 fully saturated rings. The standard InChI is InChI=1S/C14H15BrN2O/c1-9(2)11-8-10(15)5-6-13(11)18-14-12(16)4-3-7-17-14/h3-9H,16H2,1-2H3. The highest BCUT2D eigenvalue weighted by Crippen LogP contribution is 2.33. The van der Waals surface area contributed by atoms with Crippen LogP contribution < -0.4 is 10.5 Å². The molecule has 0 atom stereocenters. The third-order valence-corrected chi connectivity index (χ3v) is 3.09. The van der Waals surface area contributed by atoms with E-state index in [0.717, 1.165) is 15.8 Å². The second kappa shape index (κ2) is 5.40. The van der Waals surface area contributed by atoms with Gasteiger partial charge in [0, 0.05) is 10.7 Å². The van der Waals surface area contributed by atoms with E-state index in [4.69, 9.17) is 10.5 Å². The molecule has 0 aliphatic rings. The van der Waals surface area contributed by atoms with Crippen molar-refractivity contribution in [3.63, 3.8) is 0 Å². The summed E-state index contributed by atoms with van der Waals surface area (Å²) >= 11 is 3.47. The number of ether oxygens (including phenoxy) is 1. The zero-order chi connectivity index (χ0) is 13.1. The van der Waals surface area contributed by atoms with Crippen LogP contribution in [-0.4, -0.2) is 4.98 Å². The van der Waals surface area contributed by atoms with Gasteiger partial charge in [-0.05, 0) is 41.8 Å². The van der Waals surface area contributed by atoms with Crippen molar-refractivity contribution in [3.8, 4) is 11.6 Å². The van der Waals surface area contributed by atoms with Gasteiger partial charge in [0.25, 0.3) is 0 Å². The van der Waals surface area contributed by atoms with Crippen molar-refractivity contribution in [3.05, 3.63) is 46.6 Å². The smallest absolute Gasteiger partial charge is 0.242 e. The number of halogens is 1. The number of nitrogens with two attached hydrogens (primary N) is 1. The fraction of sp³-hybridized carbons (Fsp3) is 0.214. The van der Waals surface area contributed by atoms with Crippen LogP contribution in [0.15, 0.2) is 41.0 Å².